The van der Waals surface area contributed by atoms with Gasteiger partial charge < -0.3 is 10.2 Å². The lowest BCUT2D eigenvalue weighted by Gasteiger charge is -2.40. The van der Waals surface area contributed by atoms with Crippen molar-refractivity contribution in [3.63, 3.8) is 0 Å². The van der Waals surface area contributed by atoms with Crippen molar-refractivity contribution in [3.05, 3.63) is 59.5 Å². The highest BCUT2D eigenvalue weighted by Gasteiger charge is 2.42. The summed E-state index contributed by atoms with van der Waals surface area (Å²) in [5.74, 6) is -2.57. The fraction of sp³-hybridized carbons (Fsp3) is 0.316. The zero-order valence-electron chi connectivity index (χ0n) is 14.6. The van der Waals surface area contributed by atoms with Crippen LogP contribution in [-0.2, 0) is 4.79 Å². The summed E-state index contributed by atoms with van der Waals surface area (Å²) in [6.07, 6.45) is -3.13. The summed E-state index contributed by atoms with van der Waals surface area (Å²) in [5.41, 5.74) is 0.929. The number of hydrogen-bond donors (Lipinski definition) is 1. The van der Waals surface area contributed by atoms with E-state index >= 15 is 0 Å². The van der Waals surface area contributed by atoms with Crippen molar-refractivity contribution in [1.29, 1.82) is 5.26 Å². The van der Waals surface area contributed by atoms with E-state index in [9.17, 15) is 27.6 Å². The van der Waals surface area contributed by atoms with Crippen molar-refractivity contribution in [2.24, 2.45) is 0 Å². The van der Waals surface area contributed by atoms with Crippen molar-refractivity contribution in [2.75, 3.05) is 18.0 Å². The van der Waals surface area contributed by atoms with Crippen LogP contribution in [0.2, 0.25) is 0 Å². The van der Waals surface area contributed by atoms with E-state index in [-0.39, 0.29) is 6.54 Å². The third-order valence-electron chi connectivity index (χ3n) is 4.69. The number of alkyl halides is 3. The number of nitrogens with one attached hydrogen (secondary N) is 1. The average Bonchev–Trinajstić information content (AvgIpc) is 2.68. The first-order valence-corrected chi connectivity index (χ1v) is 8.53. The molecule has 28 heavy (non-hydrogen) atoms. The Morgan fingerprint density at radius 2 is 1.96 bits per heavy atom. The molecule has 0 bridgehead atoms. The van der Waals surface area contributed by atoms with Gasteiger partial charge in [-0.1, -0.05) is 12.1 Å². The Morgan fingerprint density at radius 3 is 2.61 bits per heavy atom. The van der Waals surface area contributed by atoms with E-state index in [1.54, 1.807) is 17.0 Å². The first-order valence-electron chi connectivity index (χ1n) is 8.53. The molecule has 0 spiro atoms. The van der Waals surface area contributed by atoms with Crippen molar-refractivity contribution in [3.8, 4) is 6.07 Å². The Bertz CT molecular complexity index is 892. The van der Waals surface area contributed by atoms with Gasteiger partial charge in [-0.25, -0.2) is 9.37 Å². The monoisotopic (exact) mass is 392 g/mol. The Morgan fingerprint density at radius 1 is 1.25 bits per heavy atom. The summed E-state index contributed by atoms with van der Waals surface area (Å²) in [7, 11) is 0. The second-order valence-corrected chi connectivity index (χ2v) is 6.46. The van der Waals surface area contributed by atoms with Gasteiger partial charge in [-0.2, -0.15) is 18.4 Å². The van der Waals surface area contributed by atoms with E-state index in [0.717, 1.165) is 0 Å². The molecular weight excluding hydrogens is 376 g/mol. The lowest BCUT2D eigenvalue weighted by Crippen LogP contribution is -2.54. The van der Waals surface area contributed by atoms with Crippen LogP contribution in [0.1, 0.15) is 23.5 Å². The Balaban J connectivity index is 1.89. The number of halogens is 4. The lowest BCUT2D eigenvalue weighted by molar-refractivity contribution is -0.174. The third kappa shape index (κ3) is 4.22. The molecule has 1 aliphatic rings. The number of nitriles is 1. The van der Waals surface area contributed by atoms with Gasteiger partial charge >= 0.3 is 12.1 Å². The number of amides is 1. The molecule has 1 saturated heterocycles. The molecular formula is C19H16F4N4O. The van der Waals surface area contributed by atoms with Crippen LogP contribution in [0, 0.1) is 17.1 Å². The maximum atomic E-state index is 13.2. The van der Waals surface area contributed by atoms with Gasteiger partial charge in [-0.3, -0.25) is 4.79 Å². The molecule has 1 fully saturated rings. The number of anilines is 1. The van der Waals surface area contributed by atoms with E-state index in [1.807, 2.05) is 11.4 Å². The molecule has 146 valence electrons. The van der Waals surface area contributed by atoms with Crippen LogP contribution in [0.3, 0.4) is 0 Å². The standard InChI is InChI=1S/C19H16F4N4O/c20-14-5-3-12(4-6-14)15-7-9-27(17-13(10-24)2-1-8-25-17)11-16(15)26-18(28)19(21,22)23/h1-6,8,15-16H,7,9,11H2,(H,26,28). The molecule has 0 aliphatic carbocycles. The second kappa shape index (κ2) is 7.84. The molecule has 2 aromatic rings. The topological polar surface area (TPSA) is 69.0 Å². The Kier molecular flexibility index (Phi) is 5.49. The molecule has 3 rings (SSSR count). The minimum Gasteiger partial charge on any atom is -0.353 e. The van der Waals surface area contributed by atoms with Crippen LogP contribution in [0.25, 0.3) is 0 Å². The summed E-state index contributed by atoms with van der Waals surface area (Å²) in [6, 6.07) is 9.76. The van der Waals surface area contributed by atoms with Crippen molar-refractivity contribution in [1.82, 2.24) is 10.3 Å². The molecule has 9 heteroatoms. The number of piperidine rings is 1. The molecule has 1 N–H and O–H groups in total. The fourth-order valence-corrected chi connectivity index (χ4v) is 3.39. The molecule has 1 amide bonds. The zero-order chi connectivity index (χ0) is 20.3. The Hall–Kier alpha value is -3.15. The van der Waals surface area contributed by atoms with Gasteiger partial charge in [0.25, 0.3) is 0 Å². The number of rotatable bonds is 3. The number of carbonyl (C=O) groups is 1. The van der Waals surface area contributed by atoms with Gasteiger partial charge in [0.1, 0.15) is 17.7 Å². The first-order chi connectivity index (χ1) is 13.3. The maximum Gasteiger partial charge on any atom is 0.471 e. The molecule has 2 atom stereocenters. The van der Waals surface area contributed by atoms with E-state index in [1.165, 1.54) is 30.5 Å². The summed E-state index contributed by atoms with van der Waals surface area (Å²) >= 11 is 0. The van der Waals surface area contributed by atoms with Gasteiger partial charge in [0.2, 0.25) is 0 Å². The number of hydrogen-bond acceptors (Lipinski definition) is 4. The molecule has 1 aromatic heterocycles. The predicted octanol–water partition coefficient (Wildman–Crippen LogP) is 3.13. The van der Waals surface area contributed by atoms with Crippen LogP contribution >= 0.6 is 0 Å². The zero-order valence-corrected chi connectivity index (χ0v) is 14.6. The van der Waals surface area contributed by atoms with E-state index in [4.69, 9.17) is 0 Å². The van der Waals surface area contributed by atoms with Crippen molar-refractivity contribution < 1.29 is 22.4 Å². The summed E-state index contributed by atoms with van der Waals surface area (Å²) in [4.78, 5) is 17.4. The molecule has 0 radical (unpaired) electrons. The van der Waals surface area contributed by atoms with Crippen LogP contribution in [0.5, 0.6) is 0 Å². The largest absolute Gasteiger partial charge is 0.471 e. The number of carbonyl (C=O) groups excluding carboxylic acids is 1. The normalized spacial score (nSPS) is 19.8. The van der Waals surface area contributed by atoms with Crippen molar-refractivity contribution >= 4 is 11.7 Å². The molecule has 0 saturated carbocycles. The number of benzene rings is 1. The van der Waals surface area contributed by atoms with Crippen molar-refractivity contribution in [2.45, 2.75) is 24.6 Å². The second-order valence-electron chi connectivity index (χ2n) is 6.46. The molecule has 1 aliphatic heterocycles. The van der Waals surface area contributed by atoms with Gasteiger partial charge in [-0.15, -0.1) is 0 Å². The van der Waals surface area contributed by atoms with Gasteiger partial charge in [-0.05, 0) is 36.2 Å². The summed E-state index contributed by atoms with van der Waals surface area (Å²) in [6.45, 7) is 0.460. The van der Waals surface area contributed by atoms with Gasteiger partial charge in [0.05, 0.1) is 11.6 Å². The maximum absolute atomic E-state index is 13.2. The van der Waals surface area contributed by atoms with Crippen LogP contribution < -0.4 is 10.2 Å². The van der Waals surface area contributed by atoms with Crippen LogP contribution in [-0.4, -0.2) is 36.2 Å². The average molecular weight is 392 g/mol. The van der Waals surface area contributed by atoms with Crippen LogP contribution in [0.4, 0.5) is 23.4 Å². The minimum atomic E-state index is -5.02. The number of pyridine rings is 1. The van der Waals surface area contributed by atoms with Gasteiger partial charge in [0.15, 0.2) is 0 Å². The number of aromatic nitrogens is 1. The molecule has 2 unspecified atom stereocenters. The lowest BCUT2D eigenvalue weighted by atomic mass is 9.85. The summed E-state index contributed by atoms with van der Waals surface area (Å²) in [5, 5.41) is 11.3. The SMILES string of the molecule is N#Cc1cccnc1N1CCC(c2ccc(F)cc2)C(NC(=O)C(F)(F)F)C1. The first kappa shape index (κ1) is 19.6. The molecule has 5 nitrogen and oxygen atoms in total. The minimum absolute atomic E-state index is 0.0373. The molecule has 2 heterocycles. The third-order valence-corrected chi connectivity index (χ3v) is 4.69. The smallest absolute Gasteiger partial charge is 0.353 e. The van der Waals surface area contributed by atoms with E-state index in [0.29, 0.717) is 29.9 Å². The van der Waals surface area contributed by atoms with Gasteiger partial charge in [0, 0.05) is 25.2 Å². The van der Waals surface area contributed by atoms with E-state index in [2.05, 4.69) is 4.98 Å². The quantitative estimate of drug-likeness (QED) is 0.815. The fourth-order valence-electron chi connectivity index (χ4n) is 3.39. The highest BCUT2D eigenvalue weighted by Crippen LogP contribution is 2.32. The highest BCUT2D eigenvalue weighted by atomic mass is 19.4. The Labute approximate surface area is 158 Å². The van der Waals surface area contributed by atoms with Crippen LogP contribution in [0.15, 0.2) is 42.6 Å². The van der Waals surface area contributed by atoms with E-state index < -0.39 is 29.9 Å². The molecule has 1 aromatic carbocycles. The number of nitrogens with zero attached hydrogens (tertiary/aromatic N) is 3. The summed E-state index contributed by atoms with van der Waals surface area (Å²) < 4.78 is 51.6. The predicted molar refractivity (Wildman–Crippen MR) is 92.9 cm³/mol. The highest BCUT2D eigenvalue weighted by molar-refractivity contribution is 5.82.